The molecular weight excluding hydrogens is 204 g/mol. The summed E-state index contributed by atoms with van der Waals surface area (Å²) in [5.74, 6) is 4.28. The summed E-state index contributed by atoms with van der Waals surface area (Å²) >= 11 is 0. The zero-order valence-corrected chi connectivity index (χ0v) is 10.4. The first-order valence-electron chi connectivity index (χ1n) is 6.51. The number of terminal acetylenes is 1. The van der Waals surface area contributed by atoms with Gasteiger partial charge in [-0.05, 0) is 61.6 Å². The third-order valence-corrected chi connectivity index (χ3v) is 3.90. The molecule has 2 rings (SSSR count). The van der Waals surface area contributed by atoms with Crippen LogP contribution in [0.2, 0.25) is 0 Å². The summed E-state index contributed by atoms with van der Waals surface area (Å²) in [5, 5.41) is 0. The van der Waals surface area contributed by atoms with Crippen molar-refractivity contribution < 1.29 is 0 Å². The molecule has 1 fully saturated rings. The van der Waals surface area contributed by atoms with Crippen LogP contribution in [0, 0.1) is 18.3 Å². The van der Waals surface area contributed by atoms with Gasteiger partial charge in [-0.15, -0.1) is 13.0 Å². The largest absolute Gasteiger partial charge is 0.115 e. The predicted molar refractivity (Wildman–Crippen MR) is 73.9 cm³/mol. The Labute approximate surface area is 105 Å². The molecule has 0 radical (unpaired) electrons. The van der Waals surface area contributed by atoms with Crippen LogP contribution in [0.4, 0.5) is 0 Å². The number of rotatable bonds is 3. The zero-order chi connectivity index (χ0) is 12.1. The summed E-state index contributed by atoms with van der Waals surface area (Å²) in [7, 11) is 0. The number of hydrogen-bond acceptors (Lipinski definition) is 0. The molecular formula is C17H20. The van der Waals surface area contributed by atoms with Crippen LogP contribution in [-0.2, 0) is 0 Å². The van der Waals surface area contributed by atoms with E-state index < -0.39 is 0 Å². The van der Waals surface area contributed by atoms with E-state index in [2.05, 4.69) is 42.8 Å². The monoisotopic (exact) mass is 224 g/mol. The molecule has 1 aliphatic rings. The van der Waals surface area contributed by atoms with E-state index in [0.29, 0.717) is 0 Å². The topological polar surface area (TPSA) is 0 Å². The molecule has 0 atom stereocenters. The molecule has 1 aromatic carbocycles. The lowest BCUT2D eigenvalue weighted by Crippen LogP contribution is -2.12. The highest BCUT2D eigenvalue weighted by atomic mass is 14.3. The summed E-state index contributed by atoms with van der Waals surface area (Å²) in [5.41, 5.74) is 2.44. The van der Waals surface area contributed by atoms with Crippen molar-refractivity contribution in [3.63, 3.8) is 0 Å². The number of hydrogen-bond donors (Lipinski definition) is 0. The third-order valence-electron chi connectivity index (χ3n) is 3.90. The zero-order valence-electron chi connectivity index (χ0n) is 10.4. The minimum atomic E-state index is 0.739. The van der Waals surface area contributed by atoms with E-state index in [0.717, 1.165) is 17.4 Å². The van der Waals surface area contributed by atoms with Crippen LogP contribution in [0.1, 0.15) is 49.1 Å². The minimum Gasteiger partial charge on any atom is -0.115 e. The standard InChI is InChI=1S/C17H20/c1-3-5-15-8-12-17(13-9-15)16-10-6-14(4-2)7-11-16/h2-3,6-7,10-11,15,17H,1,5,8-9,12-13H2/t15-,17-. The van der Waals surface area contributed by atoms with Gasteiger partial charge in [0.15, 0.2) is 0 Å². The summed E-state index contributed by atoms with van der Waals surface area (Å²) in [6.07, 6.45) is 13.9. The normalized spacial score (nSPS) is 23.9. The van der Waals surface area contributed by atoms with Crippen LogP contribution in [0.25, 0.3) is 0 Å². The van der Waals surface area contributed by atoms with E-state index in [-0.39, 0.29) is 0 Å². The van der Waals surface area contributed by atoms with Crippen LogP contribution < -0.4 is 0 Å². The van der Waals surface area contributed by atoms with Crippen molar-refractivity contribution in [1.29, 1.82) is 0 Å². The Balaban J connectivity index is 1.96. The lowest BCUT2D eigenvalue weighted by Gasteiger charge is -2.28. The van der Waals surface area contributed by atoms with Crippen LogP contribution in [0.3, 0.4) is 0 Å². The van der Waals surface area contributed by atoms with Gasteiger partial charge >= 0.3 is 0 Å². The summed E-state index contributed by atoms with van der Waals surface area (Å²) in [4.78, 5) is 0. The molecule has 0 N–H and O–H groups in total. The van der Waals surface area contributed by atoms with Gasteiger partial charge in [-0.1, -0.05) is 24.1 Å². The fraction of sp³-hybridized carbons (Fsp3) is 0.412. The first kappa shape index (κ1) is 12.0. The lowest BCUT2D eigenvalue weighted by atomic mass is 9.77. The quantitative estimate of drug-likeness (QED) is 0.523. The summed E-state index contributed by atoms with van der Waals surface area (Å²) in [6.45, 7) is 3.83. The Bertz CT molecular complexity index is 397. The maximum Gasteiger partial charge on any atom is 0.0242 e. The van der Waals surface area contributed by atoms with E-state index in [1.165, 1.54) is 37.7 Å². The summed E-state index contributed by atoms with van der Waals surface area (Å²) < 4.78 is 0. The smallest absolute Gasteiger partial charge is 0.0242 e. The van der Waals surface area contributed by atoms with Gasteiger partial charge < -0.3 is 0 Å². The Morgan fingerprint density at radius 2 is 1.82 bits per heavy atom. The first-order chi connectivity index (χ1) is 8.33. The third kappa shape index (κ3) is 3.01. The van der Waals surface area contributed by atoms with Gasteiger partial charge in [0.05, 0.1) is 0 Å². The van der Waals surface area contributed by atoms with Crippen LogP contribution in [-0.4, -0.2) is 0 Å². The van der Waals surface area contributed by atoms with E-state index >= 15 is 0 Å². The molecule has 1 aromatic rings. The highest BCUT2D eigenvalue weighted by Crippen LogP contribution is 2.37. The molecule has 0 heterocycles. The minimum absolute atomic E-state index is 0.739. The van der Waals surface area contributed by atoms with Gasteiger partial charge in [-0.25, -0.2) is 0 Å². The van der Waals surface area contributed by atoms with Crippen molar-refractivity contribution in [2.45, 2.75) is 38.0 Å². The molecule has 0 bridgehead atoms. The first-order valence-corrected chi connectivity index (χ1v) is 6.51. The van der Waals surface area contributed by atoms with Gasteiger partial charge in [0.1, 0.15) is 0 Å². The van der Waals surface area contributed by atoms with Crippen molar-refractivity contribution in [2.24, 2.45) is 5.92 Å². The second kappa shape index (κ2) is 5.73. The van der Waals surface area contributed by atoms with E-state index in [1.807, 2.05) is 0 Å². The molecule has 1 aliphatic carbocycles. The molecule has 0 spiro atoms. The van der Waals surface area contributed by atoms with E-state index in [9.17, 15) is 0 Å². The van der Waals surface area contributed by atoms with Gasteiger partial charge in [-0.2, -0.15) is 0 Å². The van der Waals surface area contributed by atoms with Crippen LogP contribution in [0.5, 0.6) is 0 Å². The maximum atomic E-state index is 5.37. The maximum absolute atomic E-state index is 5.37. The summed E-state index contributed by atoms with van der Waals surface area (Å²) in [6, 6.07) is 8.53. The highest BCUT2D eigenvalue weighted by Gasteiger charge is 2.21. The molecule has 17 heavy (non-hydrogen) atoms. The van der Waals surface area contributed by atoms with Gasteiger partial charge in [0.25, 0.3) is 0 Å². The predicted octanol–water partition coefficient (Wildman–Crippen LogP) is 4.52. The molecule has 0 unspecified atom stereocenters. The molecule has 88 valence electrons. The Kier molecular flexibility index (Phi) is 4.04. The van der Waals surface area contributed by atoms with Gasteiger partial charge in [-0.3, -0.25) is 0 Å². The average molecular weight is 224 g/mol. The number of allylic oxidation sites excluding steroid dienone is 1. The van der Waals surface area contributed by atoms with Crippen molar-refractivity contribution in [3.8, 4) is 12.3 Å². The molecule has 0 nitrogen and oxygen atoms in total. The second-order valence-electron chi connectivity index (χ2n) is 5.01. The van der Waals surface area contributed by atoms with Crippen molar-refractivity contribution >= 4 is 0 Å². The molecule has 0 aromatic heterocycles. The fourth-order valence-corrected chi connectivity index (χ4v) is 2.82. The molecule has 0 aliphatic heterocycles. The molecule has 0 heteroatoms. The van der Waals surface area contributed by atoms with Crippen molar-refractivity contribution in [1.82, 2.24) is 0 Å². The van der Waals surface area contributed by atoms with Crippen molar-refractivity contribution in [3.05, 3.63) is 48.0 Å². The Morgan fingerprint density at radius 3 is 2.35 bits per heavy atom. The van der Waals surface area contributed by atoms with Crippen LogP contribution >= 0.6 is 0 Å². The number of benzene rings is 1. The van der Waals surface area contributed by atoms with Gasteiger partial charge in [0, 0.05) is 5.56 Å². The molecule has 0 amide bonds. The molecule has 0 saturated heterocycles. The average Bonchev–Trinajstić information content (AvgIpc) is 2.40. The highest BCUT2D eigenvalue weighted by molar-refractivity contribution is 5.35. The van der Waals surface area contributed by atoms with E-state index in [4.69, 9.17) is 6.42 Å². The Hall–Kier alpha value is -1.48. The lowest BCUT2D eigenvalue weighted by molar-refractivity contribution is 0.328. The SMILES string of the molecule is C#Cc1ccc([C@H]2CC[C@H](CC=C)CC2)cc1. The van der Waals surface area contributed by atoms with E-state index in [1.54, 1.807) is 0 Å². The molecule has 1 saturated carbocycles. The Morgan fingerprint density at radius 1 is 1.18 bits per heavy atom. The van der Waals surface area contributed by atoms with Crippen LogP contribution in [0.15, 0.2) is 36.9 Å². The second-order valence-corrected chi connectivity index (χ2v) is 5.01. The van der Waals surface area contributed by atoms with Crippen molar-refractivity contribution in [2.75, 3.05) is 0 Å². The van der Waals surface area contributed by atoms with Gasteiger partial charge in [0.2, 0.25) is 0 Å². The fourth-order valence-electron chi connectivity index (χ4n) is 2.82.